The van der Waals surface area contributed by atoms with Crippen LogP contribution >= 0.6 is 0 Å². The first-order chi connectivity index (χ1) is 36.8. The van der Waals surface area contributed by atoms with Crippen LogP contribution in [0.5, 0.6) is 0 Å². The molecule has 18 nitrogen and oxygen atoms in total. The second kappa shape index (κ2) is 24.7. The number of anilines is 5. The van der Waals surface area contributed by atoms with Crippen LogP contribution in [-0.4, -0.2) is 104 Å². The van der Waals surface area contributed by atoms with Crippen molar-refractivity contribution in [2.75, 3.05) is 61.6 Å². The van der Waals surface area contributed by atoms with E-state index in [-0.39, 0.29) is 59.3 Å². The van der Waals surface area contributed by atoms with Crippen LogP contribution in [0.25, 0.3) is 22.5 Å². The molecule has 0 fully saturated rings. The van der Waals surface area contributed by atoms with Gasteiger partial charge in [-0.25, -0.2) is 55.3 Å². The predicted molar refractivity (Wildman–Crippen MR) is 285 cm³/mol. The van der Waals surface area contributed by atoms with Gasteiger partial charge in [0.25, 0.3) is 11.8 Å². The summed E-state index contributed by atoms with van der Waals surface area (Å²) in [5.41, 5.74) is 3.30. The molecule has 0 radical (unpaired) electrons. The van der Waals surface area contributed by atoms with Crippen LogP contribution in [0, 0.1) is 37.1 Å². The quantitative estimate of drug-likeness (QED) is 0.0309. The van der Waals surface area contributed by atoms with E-state index in [2.05, 4.69) is 60.3 Å². The van der Waals surface area contributed by atoms with Crippen LogP contribution in [0.3, 0.4) is 0 Å². The summed E-state index contributed by atoms with van der Waals surface area (Å²) in [6.07, 6.45) is 6.28. The van der Waals surface area contributed by atoms with Gasteiger partial charge in [0.1, 0.15) is 34.6 Å². The van der Waals surface area contributed by atoms with Crippen molar-refractivity contribution in [2.45, 2.75) is 78.0 Å². The molecule has 8 rings (SSSR count). The van der Waals surface area contributed by atoms with Crippen LogP contribution < -0.4 is 36.4 Å². The number of halogens is 4. The summed E-state index contributed by atoms with van der Waals surface area (Å²) in [6.45, 7) is 11.5. The smallest absolute Gasteiger partial charge is 0.328 e. The van der Waals surface area contributed by atoms with E-state index in [4.69, 9.17) is 4.98 Å². The molecule has 2 aliphatic rings. The van der Waals surface area contributed by atoms with Gasteiger partial charge >= 0.3 is 12.1 Å². The number of benzene rings is 4. The highest BCUT2D eigenvalue weighted by Crippen LogP contribution is 2.41. The number of amides is 6. The van der Waals surface area contributed by atoms with Crippen molar-refractivity contribution >= 4 is 62.7 Å². The summed E-state index contributed by atoms with van der Waals surface area (Å²) >= 11 is 0. The summed E-state index contributed by atoms with van der Waals surface area (Å²) in [6, 6.07) is 14.9. The topological polar surface area (TPSA) is 224 Å². The van der Waals surface area contributed by atoms with Gasteiger partial charge in [0.2, 0.25) is 20.9 Å². The number of carbonyl (C=O) groups excluding carboxylic acids is 4. The van der Waals surface area contributed by atoms with Gasteiger partial charge in [0, 0.05) is 60.3 Å². The Morgan fingerprint density at radius 3 is 1.49 bits per heavy atom. The Morgan fingerprint density at radius 2 is 1.06 bits per heavy atom. The van der Waals surface area contributed by atoms with Crippen molar-refractivity contribution in [2.24, 2.45) is 0 Å². The van der Waals surface area contributed by atoms with Gasteiger partial charge in [-0.3, -0.25) is 9.59 Å². The summed E-state index contributed by atoms with van der Waals surface area (Å²) in [5, 5.41) is 13.0. The molecule has 0 unspecified atom stereocenters. The van der Waals surface area contributed by atoms with Crippen molar-refractivity contribution in [3.8, 4) is 22.5 Å². The Kier molecular flexibility index (Phi) is 18.2. The molecular formula is C54H60F4N12O6S. The average Bonchev–Trinajstić information content (AvgIpc) is 3.45. The van der Waals surface area contributed by atoms with Gasteiger partial charge < -0.3 is 31.5 Å². The summed E-state index contributed by atoms with van der Waals surface area (Å²) in [4.78, 5) is 72.3. The highest BCUT2D eigenvalue weighted by Gasteiger charge is 2.37. The Balaban J connectivity index is 0.000000230. The van der Waals surface area contributed by atoms with E-state index in [1.807, 2.05) is 13.0 Å². The SMILES string of the molecule is CCCCN(CCCC)CCCNc1nc(-c2cc(C(=O)NC)ccc2C)c2c(n1)N(c1c(F)cccc1F)C(=O)NC2.CNC(=O)c1ccc(C)c(-c2nc(S(C)(=O)=O)nc3c2CNC(=O)N3c2c(F)cccc2F)c1. The van der Waals surface area contributed by atoms with Crippen molar-refractivity contribution in [3.05, 3.63) is 129 Å². The number of aromatic nitrogens is 4. The maximum Gasteiger partial charge on any atom is 0.328 e. The molecule has 406 valence electrons. The molecule has 0 atom stereocenters. The zero-order valence-electron chi connectivity index (χ0n) is 43.7. The van der Waals surface area contributed by atoms with Crippen molar-refractivity contribution in [1.29, 1.82) is 0 Å². The van der Waals surface area contributed by atoms with Crippen molar-refractivity contribution in [1.82, 2.24) is 46.1 Å². The Hall–Kier alpha value is -8.05. The molecule has 2 aliphatic heterocycles. The Bertz CT molecular complexity index is 3300. The van der Waals surface area contributed by atoms with E-state index >= 15 is 8.78 Å². The molecule has 0 saturated carbocycles. The van der Waals surface area contributed by atoms with Crippen molar-refractivity contribution in [3.63, 3.8) is 0 Å². The first kappa shape index (κ1) is 56.7. The largest absolute Gasteiger partial charge is 0.355 e. The molecule has 2 aromatic heterocycles. The van der Waals surface area contributed by atoms with Gasteiger partial charge in [0.05, 0.1) is 24.5 Å². The molecule has 5 N–H and O–H groups in total. The lowest BCUT2D eigenvalue weighted by Gasteiger charge is -2.31. The third-order valence-electron chi connectivity index (χ3n) is 12.8. The van der Waals surface area contributed by atoms with E-state index < -0.39 is 61.7 Å². The number of fused-ring (bicyclic) bond motifs is 2. The minimum Gasteiger partial charge on any atom is -0.355 e. The number of nitrogens with one attached hydrogen (secondary N) is 5. The number of urea groups is 2. The molecule has 0 aliphatic carbocycles. The van der Waals surface area contributed by atoms with Crippen LogP contribution in [0.4, 0.5) is 56.1 Å². The number of unbranched alkanes of at least 4 members (excludes halogenated alkanes) is 2. The molecule has 0 bridgehead atoms. The van der Waals surface area contributed by atoms with E-state index in [0.717, 1.165) is 98.8 Å². The standard InChI is InChI=1S/C32H41F2N7O2.C22H19F2N5O4S/c1-5-7-16-40(17-8-6-2)18-10-15-36-31-38-27(23-19-22(30(42)35-4)14-13-21(23)3)24-20-37-32(43)41(29(24)39-31)28-25(33)11-9-12-26(28)34;1-11-7-8-12(20(30)25-2)9-13(11)17-14-10-26-22(31)29(18-15(23)5-4-6-16(18)24)19(14)28-21(27-17)34(3,32)33/h9,11-14,19H,5-8,10,15-18,20H2,1-4H3,(H,35,42)(H,37,43)(H,36,38,39);4-9H,10H2,1-3H3,(H,25,30)(H,26,31). The van der Waals surface area contributed by atoms with Gasteiger partial charge in [-0.1, -0.05) is 51.0 Å². The Labute approximate surface area is 444 Å². The maximum absolute atomic E-state index is 15.0. The lowest BCUT2D eigenvalue weighted by Crippen LogP contribution is -2.43. The maximum atomic E-state index is 15.0. The number of hydrogen-bond donors (Lipinski definition) is 5. The van der Waals surface area contributed by atoms with E-state index in [1.54, 1.807) is 38.2 Å². The lowest BCUT2D eigenvalue weighted by molar-refractivity contribution is 0.0955. The first-order valence-electron chi connectivity index (χ1n) is 25.0. The predicted octanol–water partition coefficient (Wildman–Crippen LogP) is 9.01. The fraction of sp³-hybridized carbons (Fsp3) is 0.333. The lowest BCUT2D eigenvalue weighted by atomic mass is 9.97. The second-order valence-corrected chi connectivity index (χ2v) is 20.2. The van der Waals surface area contributed by atoms with Crippen LogP contribution in [-0.2, 0) is 22.9 Å². The fourth-order valence-electron chi connectivity index (χ4n) is 8.74. The van der Waals surface area contributed by atoms with Crippen molar-refractivity contribution < 1.29 is 45.2 Å². The number of carbonyl (C=O) groups is 4. The van der Waals surface area contributed by atoms with E-state index in [0.29, 0.717) is 45.0 Å². The molecule has 0 saturated heterocycles. The summed E-state index contributed by atoms with van der Waals surface area (Å²) in [5.74, 6) is -4.48. The number of nitrogens with zero attached hydrogens (tertiary/aromatic N) is 7. The normalized spacial score (nSPS) is 13.0. The van der Waals surface area contributed by atoms with E-state index in [9.17, 15) is 36.4 Å². The number of para-hydroxylation sites is 2. The third-order valence-corrected chi connectivity index (χ3v) is 13.7. The minimum absolute atomic E-state index is 0.0454. The molecular weight excluding hydrogens is 1020 g/mol. The molecule has 0 spiro atoms. The number of rotatable bonds is 18. The molecule has 6 amide bonds. The van der Waals surface area contributed by atoms with Gasteiger partial charge in [-0.05, 0) is 112 Å². The van der Waals surface area contributed by atoms with Crippen LogP contribution in [0.15, 0.2) is 78.0 Å². The van der Waals surface area contributed by atoms with Crippen LogP contribution in [0.1, 0.15) is 88.9 Å². The third kappa shape index (κ3) is 12.6. The zero-order chi connectivity index (χ0) is 55.7. The van der Waals surface area contributed by atoms with Gasteiger partial charge in [-0.15, -0.1) is 0 Å². The monoisotopic (exact) mass is 1080 g/mol. The highest BCUT2D eigenvalue weighted by molar-refractivity contribution is 7.90. The number of aryl methyl sites for hydroxylation is 2. The second-order valence-electron chi connectivity index (χ2n) is 18.3. The molecule has 4 heterocycles. The zero-order valence-corrected chi connectivity index (χ0v) is 44.5. The summed E-state index contributed by atoms with van der Waals surface area (Å²) in [7, 11) is -0.983. The fourth-order valence-corrected chi connectivity index (χ4v) is 9.25. The summed E-state index contributed by atoms with van der Waals surface area (Å²) < 4.78 is 84.1. The average molecular weight is 1080 g/mol. The number of hydrogen-bond acceptors (Lipinski definition) is 12. The van der Waals surface area contributed by atoms with Crippen LogP contribution in [0.2, 0.25) is 0 Å². The molecule has 23 heteroatoms. The molecule has 77 heavy (non-hydrogen) atoms. The first-order valence-corrected chi connectivity index (χ1v) is 26.9. The minimum atomic E-state index is -4.00. The molecule has 4 aromatic carbocycles. The van der Waals surface area contributed by atoms with E-state index in [1.165, 1.54) is 19.2 Å². The molecule has 6 aromatic rings. The van der Waals surface area contributed by atoms with Gasteiger partial charge in [-0.2, -0.15) is 9.97 Å². The number of sulfone groups is 1. The Morgan fingerprint density at radius 1 is 0.636 bits per heavy atom. The van der Waals surface area contributed by atoms with Gasteiger partial charge in [0.15, 0.2) is 11.6 Å². The highest BCUT2D eigenvalue weighted by atomic mass is 32.2.